The summed E-state index contributed by atoms with van der Waals surface area (Å²) in [5.74, 6) is 0.763. The molecular formula is C23H27ClF3N5S. The molecular weight excluding hydrogens is 471 g/mol. The summed E-state index contributed by atoms with van der Waals surface area (Å²) in [7, 11) is 0. The lowest BCUT2D eigenvalue weighted by Crippen LogP contribution is -2.59. The van der Waals surface area contributed by atoms with Crippen molar-refractivity contribution in [3.63, 3.8) is 0 Å². The molecule has 0 N–H and O–H groups in total. The third kappa shape index (κ3) is 4.81. The number of hydrogen-bond acceptors (Lipinski definition) is 6. The van der Waals surface area contributed by atoms with Crippen LogP contribution in [0.2, 0.25) is 5.28 Å². The van der Waals surface area contributed by atoms with Gasteiger partial charge in [-0.2, -0.15) is 18.2 Å². The molecule has 1 aromatic carbocycles. The molecule has 1 saturated heterocycles. The lowest BCUT2D eigenvalue weighted by atomic mass is 9.94. The molecule has 1 aliphatic rings. The maximum Gasteiger partial charge on any atom is 0.416 e. The monoisotopic (exact) mass is 497 g/mol. The van der Waals surface area contributed by atoms with Gasteiger partial charge in [0, 0.05) is 31.2 Å². The van der Waals surface area contributed by atoms with E-state index in [4.69, 9.17) is 11.6 Å². The van der Waals surface area contributed by atoms with Crippen molar-refractivity contribution in [3.8, 4) is 0 Å². The van der Waals surface area contributed by atoms with Crippen LogP contribution in [0.5, 0.6) is 0 Å². The van der Waals surface area contributed by atoms with Crippen molar-refractivity contribution in [2.24, 2.45) is 0 Å². The van der Waals surface area contributed by atoms with Gasteiger partial charge in [0.2, 0.25) is 5.28 Å². The average molecular weight is 498 g/mol. The molecule has 33 heavy (non-hydrogen) atoms. The van der Waals surface area contributed by atoms with Gasteiger partial charge in [-0.1, -0.05) is 32.9 Å². The lowest BCUT2D eigenvalue weighted by Gasteiger charge is -2.49. The minimum Gasteiger partial charge on any atom is -0.349 e. The highest BCUT2D eigenvalue weighted by atomic mass is 35.5. The Labute approximate surface area is 200 Å². The summed E-state index contributed by atoms with van der Waals surface area (Å²) >= 11 is 7.67. The van der Waals surface area contributed by atoms with Gasteiger partial charge in [-0.3, -0.25) is 4.90 Å². The van der Waals surface area contributed by atoms with Crippen LogP contribution >= 0.6 is 22.9 Å². The molecule has 3 heterocycles. The van der Waals surface area contributed by atoms with Crippen LogP contribution in [0.25, 0.3) is 10.3 Å². The number of thiazole rings is 1. The van der Waals surface area contributed by atoms with Crippen molar-refractivity contribution < 1.29 is 13.2 Å². The van der Waals surface area contributed by atoms with Crippen LogP contribution in [-0.4, -0.2) is 45.0 Å². The normalized spacial score (nSPS) is 21.0. The summed E-state index contributed by atoms with van der Waals surface area (Å²) < 4.78 is 39.2. The maximum absolute atomic E-state index is 13.1. The second-order valence-electron chi connectivity index (χ2n) is 8.34. The Morgan fingerprint density at radius 2 is 1.76 bits per heavy atom. The third-order valence-electron chi connectivity index (χ3n) is 6.52. The molecule has 10 heteroatoms. The summed E-state index contributed by atoms with van der Waals surface area (Å²) in [6, 6.07) is 6.05. The molecule has 0 amide bonds. The quantitative estimate of drug-likeness (QED) is 0.359. The van der Waals surface area contributed by atoms with Crippen LogP contribution in [0.4, 0.5) is 19.0 Å². The van der Waals surface area contributed by atoms with Crippen LogP contribution < -0.4 is 4.90 Å². The molecule has 178 valence electrons. The van der Waals surface area contributed by atoms with Crippen molar-refractivity contribution in [2.75, 3.05) is 18.0 Å². The number of piperazine rings is 1. The third-order valence-corrected chi connectivity index (χ3v) is 7.40. The molecule has 0 bridgehead atoms. The molecule has 0 saturated carbocycles. The van der Waals surface area contributed by atoms with E-state index in [1.165, 1.54) is 23.5 Å². The molecule has 5 nitrogen and oxygen atoms in total. The Morgan fingerprint density at radius 3 is 2.36 bits per heavy atom. The van der Waals surface area contributed by atoms with E-state index in [0.717, 1.165) is 54.1 Å². The number of hydrogen-bond donors (Lipinski definition) is 0. The Balaban J connectivity index is 1.65. The van der Waals surface area contributed by atoms with Crippen molar-refractivity contribution in [1.29, 1.82) is 0 Å². The van der Waals surface area contributed by atoms with Gasteiger partial charge in [0.25, 0.3) is 0 Å². The number of anilines is 1. The first kappa shape index (κ1) is 24.2. The zero-order valence-electron chi connectivity index (χ0n) is 18.8. The first-order chi connectivity index (χ1) is 15.8. The second kappa shape index (κ2) is 9.72. The van der Waals surface area contributed by atoms with Crippen LogP contribution in [0.15, 0.2) is 29.8 Å². The van der Waals surface area contributed by atoms with Crippen LogP contribution in [0.1, 0.15) is 57.2 Å². The van der Waals surface area contributed by atoms with Gasteiger partial charge >= 0.3 is 6.18 Å². The Kier molecular flexibility index (Phi) is 7.12. The highest BCUT2D eigenvalue weighted by Gasteiger charge is 2.38. The van der Waals surface area contributed by atoms with Gasteiger partial charge in [0.05, 0.1) is 11.1 Å². The zero-order valence-corrected chi connectivity index (χ0v) is 20.4. The van der Waals surface area contributed by atoms with E-state index in [9.17, 15) is 13.2 Å². The Morgan fingerprint density at radius 1 is 1.06 bits per heavy atom. The topological polar surface area (TPSA) is 45.2 Å². The Bertz CT molecular complexity index is 1090. The highest BCUT2D eigenvalue weighted by Crippen LogP contribution is 2.37. The first-order valence-electron chi connectivity index (χ1n) is 11.2. The molecule has 1 aliphatic heterocycles. The smallest absolute Gasteiger partial charge is 0.349 e. The number of aromatic nitrogens is 3. The maximum atomic E-state index is 13.1. The SMILES string of the molecule is CC[C@H]1CN([C@@H](CC)c2ccc(C(F)(F)F)cc2)[C@H](CC)CN1c1nc(Cl)nc2scnc12. The average Bonchev–Trinajstić information content (AvgIpc) is 3.27. The lowest BCUT2D eigenvalue weighted by molar-refractivity contribution is -0.137. The van der Waals surface area contributed by atoms with E-state index in [0.29, 0.717) is 0 Å². The molecule has 0 unspecified atom stereocenters. The van der Waals surface area contributed by atoms with Gasteiger partial charge in [-0.15, -0.1) is 11.3 Å². The van der Waals surface area contributed by atoms with Gasteiger partial charge in [-0.05, 0) is 48.6 Å². The summed E-state index contributed by atoms with van der Waals surface area (Å²) in [5, 5.41) is 0.211. The second-order valence-corrected chi connectivity index (χ2v) is 9.51. The summed E-state index contributed by atoms with van der Waals surface area (Å²) in [6.07, 6.45) is -1.72. The minimum absolute atomic E-state index is 0.0433. The fourth-order valence-electron chi connectivity index (χ4n) is 4.80. The summed E-state index contributed by atoms with van der Waals surface area (Å²) in [5.41, 5.74) is 2.82. The van der Waals surface area contributed by atoms with Crippen molar-refractivity contribution in [2.45, 2.75) is 64.3 Å². The van der Waals surface area contributed by atoms with E-state index in [1.54, 1.807) is 17.6 Å². The molecule has 3 atom stereocenters. The van der Waals surface area contributed by atoms with Crippen molar-refractivity contribution in [3.05, 3.63) is 46.2 Å². The first-order valence-corrected chi connectivity index (χ1v) is 12.5. The minimum atomic E-state index is -4.33. The zero-order chi connectivity index (χ0) is 23.8. The molecule has 2 aromatic heterocycles. The van der Waals surface area contributed by atoms with E-state index in [1.807, 2.05) is 0 Å². The highest BCUT2D eigenvalue weighted by molar-refractivity contribution is 7.16. The molecule has 3 aromatic rings. The molecule has 0 radical (unpaired) electrons. The molecule has 0 aliphatic carbocycles. The summed E-state index contributed by atoms with van der Waals surface area (Å²) in [4.78, 5) is 18.8. The molecule has 4 rings (SSSR count). The fourth-order valence-corrected chi connectivity index (χ4v) is 5.67. The largest absolute Gasteiger partial charge is 0.416 e. The van der Waals surface area contributed by atoms with E-state index >= 15 is 0 Å². The Hall–Kier alpha value is -1.97. The van der Waals surface area contributed by atoms with E-state index in [2.05, 4.69) is 45.5 Å². The van der Waals surface area contributed by atoms with E-state index < -0.39 is 11.7 Å². The van der Waals surface area contributed by atoms with Crippen molar-refractivity contribution >= 4 is 39.1 Å². The summed E-state index contributed by atoms with van der Waals surface area (Å²) in [6.45, 7) is 7.90. The molecule has 0 spiro atoms. The number of alkyl halides is 3. The van der Waals surface area contributed by atoms with Crippen LogP contribution in [-0.2, 0) is 6.18 Å². The predicted molar refractivity (Wildman–Crippen MR) is 127 cm³/mol. The number of fused-ring (bicyclic) bond motifs is 1. The number of halogens is 4. The van der Waals surface area contributed by atoms with Crippen LogP contribution in [0, 0.1) is 0 Å². The van der Waals surface area contributed by atoms with E-state index in [-0.39, 0.29) is 23.4 Å². The fraction of sp³-hybridized carbons (Fsp3) is 0.522. The molecule has 1 fully saturated rings. The van der Waals surface area contributed by atoms with Crippen molar-refractivity contribution in [1.82, 2.24) is 19.9 Å². The van der Waals surface area contributed by atoms with Crippen LogP contribution in [0.3, 0.4) is 0 Å². The number of benzene rings is 1. The standard InChI is InChI=1S/C23H27ClF3N5S/c1-4-16-12-32(20-19-21(33-13-28-19)30-22(24)29-20)17(5-2)11-31(16)18(6-3)14-7-9-15(10-8-14)23(25,26)27/h7-10,13,16-18H,4-6,11-12H2,1-3H3/t16-,17+,18+/m1/s1. The van der Waals surface area contributed by atoms with Gasteiger partial charge in [0.1, 0.15) is 5.52 Å². The number of rotatable bonds is 6. The van der Waals surface area contributed by atoms with Gasteiger partial charge in [0.15, 0.2) is 10.6 Å². The number of nitrogens with zero attached hydrogens (tertiary/aromatic N) is 5. The predicted octanol–water partition coefficient (Wildman–Crippen LogP) is 6.59. The van der Waals surface area contributed by atoms with Gasteiger partial charge in [-0.25, -0.2) is 9.97 Å². The van der Waals surface area contributed by atoms with Gasteiger partial charge < -0.3 is 4.90 Å².